The van der Waals surface area contributed by atoms with Crippen LogP contribution in [0.15, 0.2) is 35.6 Å². The third kappa shape index (κ3) is 5.05. The highest BCUT2D eigenvalue weighted by molar-refractivity contribution is 7.90. The molecule has 1 amide bonds. The Bertz CT molecular complexity index is 1510. The van der Waals surface area contributed by atoms with Gasteiger partial charge in [-0.25, -0.2) is 18.1 Å². The van der Waals surface area contributed by atoms with E-state index in [1.165, 1.54) is 22.7 Å². The summed E-state index contributed by atoms with van der Waals surface area (Å²) < 4.78 is 91.3. The number of anilines is 1. The van der Waals surface area contributed by atoms with Crippen molar-refractivity contribution in [3.05, 3.63) is 64.1 Å². The standard InChI is InChI=1S/C21H18ClF5N6O3S/c1-2-16-18(32-10-13(22)8-15(24)19(32)30-16)20(34)28-9-12-3-4-17(14(23)7-12)33-6-5-31(11-29-33)37(35,36)21(25,26)27/h3-4,7-8,10-11H,2,5-6,9H2,1H3,(H,28,34). The number of amides is 1. The molecule has 2 aromatic heterocycles. The molecule has 0 radical (unpaired) electrons. The normalized spacial score (nSPS) is 14.5. The maximum atomic E-state index is 14.8. The molecule has 1 aliphatic heterocycles. The summed E-state index contributed by atoms with van der Waals surface area (Å²) in [6.45, 7) is 0.710. The van der Waals surface area contributed by atoms with Gasteiger partial charge in [0.1, 0.15) is 17.8 Å². The number of benzene rings is 1. The van der Waals surface area contributed by atoms with Crippen molar-refractivity contribution in [3.63, 3.8) is 0 Å². The van der Waals surface area contributed by atoms with Crippen molar-refractivity contribution in [2.24, 2.45) is 5.10 Å². The lowest BCUT2D eigenvalue weighted by Crippen LogP contribution is -2.46. The molecule has 9 nitrogen and oxygen atoms in total. The molecule has 0 bridgehead atoms. The fourth-order valence-electron chi connectivity index (χ4n) is 3.67. The molecule has 0 saturated carbocycles. The van der Waals surface area contributed by atoms with E-state index in [-0.39, 0.29) is 39.4 Å². The first-order valence-electron chi connectivity index (χ1n) is 10.7. The molecule has 0 unspecified atom stereocenters. The monoisotopic (exact) mass is 564 g/mol. The summed E-state index contributed by atoms with van der Waals surface area (Å²) in [5, 5.41) is 7.31. The van der Waals surface area contributed by atoms with Crippen molar-refractivity contribution >= 4 is 45.2 Å². The van der Waals surface area contributed by atoms with Crippen LogP contribution in [0.25, 0.3) is 5.65 Å². The van der Waals surface area contributed by atoms with Crippen molar-refractivity contribution in [2.75, 3.05) is 18.1 Å². The number of hydrogen-bond donors (Lipinski definition) is 1. The van der Waals surface area contributed by atoms with Crippen LogP contribution in [0, 0.1) is 11.6 Å². The maximum Gasteiger partial charge on any atom is 0.516 e. The Labute approximate surface area is 212 Å². The number of aryl methyl sites for hydroxylation is 1. The molecule has 0 saturated heterocycles. The number of fused-ring (bicyclic) bond motifs is 1. The Morgan fingerprint density at radius 2 is 1.89 bits per heavy atom. The van der Waals surface area contributed by atoms with Crippen LogP contribution in [-0.4, -0.2) is 53.0 Å². The minimum Gasteiger partial charge on any atom is -0.347 e. The van der Waals surface area contributed by atoms with Crippen LogP contribution in [-0.2, 0) is 23.0 Å². The van der Waals surface area contributed by atoms with E-state index in [0.29, 0.717) is 24.0 Å². The van der Waals surface area contributed by atoms with E-state index >= 15 is 0 Å². The molecule has 37 heavy (non-hydrogen) atoms. The van der Waals surface area contributed by atoms with Gasteiger partial charge in [-0.1, -0.05) is 24.6 Å². The van der Waals surface area contributed by atoms with Crippen molar-refractivity contribution in [1.82, 2.24) is 19.0 Å². The van der Waals surface area contributed by atoms with E-state index in [1.54, 1.807) is 6.92 Å². The predicted octanol–water partition coefficient (Wildman–Crippen LogP) is 3.67. The minimum atomic E-state index is -5.59. The van der Waals surface area contributed by atoms with Gasteiger partial charge in [0.15, 0.2) is 11.5 Å². The molecule has 4 rings (SSSR count). The Kier molecular flexibility index (Phi) is 7.03. The van der Waals surface area contributed by atoms with Gasteiger partial charge in [-0.05, 0) is 30.2 Å². The lowest BCUT2D eigenvalue weighted by Gasteiger charge is -2.29. The van der Waals surface area contributed by atoms with Crippen molar-refractivity contribution in [2.45, 2.75) is 25.4 Å². The summed E-state index contributed by atoms with van der Waals surface area (Å²) >= 11 is 5.91. The highest BCUT2D eigenvalue weighted by Crippen LogP contribution is 2.28. The number of nitrogens with zero attached hydrogens (tertiary/aromatic N) is 5. The first-order valence-corrected chi connectivity index (χ1v) is 12.5. The van der Waals surface area contributed by atoms with E-state index in [4.69, 9.17) is 11.6 Å². The van der Waals surface area contributed by atoms with Crippen molar-refractivity contribution in [1.29, 1.82) is 0 Å². The third-order valence-electron chi connectivity index (χ3n) is 5.46. The molecular formula is C21H18ClF5N6O3S. The average molecular weight is 565 g/mol. The molecule has 0 aliphatic carbocycles. The van der Waals surface area contributed by atoms with E-state index in [2.05, 4.69) is 15.4 Å². The number of alkyl halides is 3. The first-order chi connectivity index (χ1) is 17.3. The zero-order valence-electron chi connectivity index (χ0n) is 18.9. The molecule has 16 heteroatoms. The zero-order valence-corrected chi connectivity index (χ0v) is 20.5. The van der Waals surface area contributed by atoms with Gasteiger partial charge in [0, 0.05) is 12.7 Å². The molecular weight excluding hydrogens is 547 g/mol. The van der Waals surface area contributed by atoms with Crippen LogP contribution >= 0.6 is 11.6 Å². The third-order valence-corrected chi connectivity index (χ3v) is 7.15. The second kappa shape index (κ2) is 9.78. The van der Waals surface area contributed by atoms with Crippen LogP contribution in [0.2, 0.25) is 5.02 Å². The van der Waals surface area contributed by atoms with Crippen molar-refractivity contribution < 1.29 is 35.2 Å². The number of aromatic nitrogens is 2. The largest absolute Gasteiger partial charge is 0.516 e. The molecule has 1 aliphatic rings. The number of rotatable bonds is 6. The number of carbonyl (C=O) groups excluding carboxylic acids is 1. The number of imidazole rings is 1. The lowest BCUT2D eigenvalue weighted by atomic mass is 10.1. The molecule has 0 spiro atoms. The predicted molar refractivity (Wildman–Crippen MR) is 125 cm³/mol. The second-order valence-corrected chi connectivity index (χ2v) is 10.2. The van der Waals surface area contributed by atoms with Crippen LogP contribution in [0.4, 0.5) is 27.6 Å². The van der Waals surface area contributed by atoms with Crippen LogP contribution in [0.5, 0.6) is 0 Å². The van der Waals surface area contributed by atoms with Crippen LogP contribution in [0.1, 0.15) is 28.7 Å². The van der Waals surface area contributed by atoms with E-state index in [1.807, 2.05) is 0 Å². The highest BCUT2D eigenvalue weighted by atomic mass is 35.5. The summed E-state index contributed by atoms with van der Waals surface area (Å²) in [5.74, 6) is -2.09. The fraction of sp³-hybridized carbons (Fsp3) is 0.286. The van der Waals surface area contributed by atoms with Crippen LogP contribution < -0.4 is 10.3 Å². The lowest BCUT2D eigenvalue weighted by molar-refractivity contribution is -0.0471. The van der Waals surface area contributed by atoms with E-state index in [0.717, 1.165) is 17.1 Å². The number of nitrogens with one attached hydrogen (secondary N) is 1. The van der Waals surface area contributed by atoms with Gasteiger partial charge >= 0.3 is 15.5 Å². The molecule has 1 N–H and O–H groups in total. The van der Waals surface area contributed by atoms with Gasteiger partial charge in [-0.15, -0.1) is 0 Å². The van der Waals surface area contributed by atoms with Gasteiger partial charge in [-0.3, -0.25) is 14.2 Å². The number of hydrogen-bond acceptors (Lipinski definition) is 6. The summed E-state index contributed by atoms with van der Waals surface area (Å²) in [7, 11) is -5.59. The van der Waals surface area contributed by atoms with Gasteiger partial charge in [0.2, 0.25) is 0 Å². The Hall–Kier alpha value is -3.46. The number of carbonyl (C=O) groups is 1. The Morgan fingerprint density at radius 1 is 1.16 bits per heavy atom. The molecule has 3 heterocycles. The molecule has 0 atom stereocenters. The molecule has 198 valence electrons. The molecule has 3 aromatic rings. The molecule has 0 fully saturated rings. The Balaban J connectivity index is 1.48. The quantitative estimate of drug-likeness (QED) is 0.461. The summed E-state index contributed by atoms with van der Waals surface area (Å²) in [6, 6.07) is 4.92. The number of sulfonamides is 1. The van der Waals surface area contributed by atoms with Gasteiger partial charge in [-0.2, -0.15) is 26.7 Å². The van der Waals surface area contributed by atoms with Crippen molar-refractivity contribution in [3.8, 4) is 0 Å². The number of halogens is 6. The first kappa shape index (κ1) is 26.6. The number of hydrazone groups is 1. The molecule has 1 aromatic carbocycles. The van der Waals surface area contributed by atoms with Gasteiger partial charge in [0.05, 0.1) is 29.5 Å². The van der Waals surface area contributed by atoms with E-state index in [9.17, 15) is 35.2 Å². The van der Waals surface area contributed by atoms with Gasteiger partial charge in [0.25, 0.3) is 5.91 Å². The SMILES string of the molecule is CCc1nc2c(F)cc(Cl)cn2c1C(=O)NCc1ccc(N2CCN(S(=O)(=O)C(F)(F)F)C=N2)c(F)c1. The van der Waals surface area contributed by atoms with E-state index < -0.39 is 39.6 Å². The topological polar surface area (TPSA) is 99.4 Å². The zero-order chi connectivity index (χ0) is 27.1. The summed E-state index contributed by atoms with van der Waals surface area (Å²) in [5.41, 5.74) is -4.89. The second-order valence-electron chi connectivity index (χ2n) is 7.84. The smallest absolute Gasteiger partial charge is 0.347 e. The average Bonchev–Trinajstić information content (AvgIpc) is 3.21. The Morgan fingerprint density at radius 3 is 2.49 bits per heavy atom. The fourth-order valence-corrected chi connectivity index (χ4v) is 4.62. The minimum absolute atomic E-state index is 0.0368. The van der Waals surface area contributed by atoms with Crippen LogP contribution in [0.3, 0.4) is 0 Å². The summed E-state index contributed by atoms with van der Waals surface area (Å²) in [6.07, 6.45) is 2.16. The highest BCUT2D eigenvalue weighted by Gasteiger charge is 2.50. The van der Waals surface area contributed by atoms with Gasteiger partial charge < -0.3 is 5.32 Å². The number of pyridine rings is 1. The summed E-state index contributed by atoms with van der Waals surface area (Å²) in [4.78, 5) is 17.0. The maximum absolute atomic E-state index is 14.8.